The maximum Gasteiger partial charge on any atom is 0.242 e. The fraction of sp³-hybridized carbons (Fsp3) is 0.440. The van der Waals surface area contributed by atoms with Crippen LogP contribution in [0, 0.1) is 5.82 Å². The number of benzene rings is 2. The van der Waals surface area contributed by atoms with Crippen molar-refractivity contribution in [2.24, 2.45) is 0 Å². The van der Waals surface area contributed by atoms with E-state index >= 15 is 0 Å². The van der Waals surface area contributed by atoms with Gasteiger partial charge < -0.3 is 10.2 Å². The van der Waals surface area contributed by atoms with Crippen LogP contribution in [0.5, 0.6) is 0 Å². The predicted octanol–water partition coefficient (Wildman–Crippen LogP) is 5.69. The highest BCUT2D eigenvalue weighted by Crippen LogP contribution is 2.20. The molecule has 0 bridgehead atoms. The van der Waals surface area contributed by atoms with E-state index in [9.17, 15) is 14.0 Å². The third kappa shape index (κ3) is 7.34. The van der Waals surface area contributed by atoms with Crippen LogP contribution >= 0.6 is 27.7 Å². The molecule has 1 unspecified atom stereocenters. The van der Waals surface area contributed by atoms with Crippen molar-refractivity contribution in [1.82, 2.24) is 10.2 Å². The van der Waals surface area contributed by atoms with Gasteiger partial charge in [-0.3, -0.25) is 9.59 Å². The Morgan fingerprint density at radius 2 is 1.81 bits per heavy atom. The summed E-state index contributed by atoms with van der Waals surface area (Å²) in [4.78, 5) is 27.8. The lowest BCUT2D eigenvalue weighted by molar-refractivity contribution is -0.139. The first-order valence-corrected chi connectivity index (χ1v) is 13.0. The molecule has 0 aliphatic heterocycles. The molecule has 1 N–H and O–H groups in total. The zero-order valence-electron chi connectivity index (χ0n) is 18.4. The summed E-state index contributed by atoms with van der Waals surface area (Å²) in [5.41, 5.74) is 1.53. The SMILES string of the molecule is CC(C(=O)NC1CCCCC1)N(Cc1ccc(Br)cc1)C(=O)CSCc1ccccc1F. The number of nitrogens with zero attached hydrogens (tertiary/aromatic N) is 1. The molecular formula is C25H30BrFN2O2S. The summed E-state index contributed by atoms with van der Waals surface area (Å²) in [5.74, 6) is 0.0976. The Morgan fingerprint density at radius 3 is 2.50 bits per heavy atom. The Balaban J connectivity index is 1.65. The normalized spacial score (nSPS) is 15.2. The Hall–Kier alpha value is -1.86. The minimum Gasteiger partial charge on any atom is -0.352 e. The van der Waals surface area contributed by atoms with Crippen LogP contribution in [0.2, 0.25) is 0 Å². The molecule has 3 rings (SSSR count). The summed E-state index contributed by atoms with van der Waals surface area (Å²) >= 11 is 4.80. The van der Waals surface area contributed by atoms with Crippen molar-refractivity contribution in [2.45, 2.75) is 63.4 Å². The van der Waals surface area contributed by atoms with Gasteiger partial charge in [-0.25, -0.2) is 4.39 Å². The zero-order chi connectivity index (χ0) is 22.9. The molecule has 1 aliphatic carbocycles. The molecule has 1 saturated carbocycles. The van der Waals surface area contributed by atoms with E-state index in [1.165, 1.54) is 24.2 Å². The molecule has 1 aliphatic rings. The number of carbonyl (C=O) groups excluding carboxylic acids is 2. The van der Waals surface area contributed by atoms with Crippen molar-refractivity contribution in [1.29, 1.82) is 0 Å². The Morgan fingerprint density at radius 1 is 1.12 bits per heavy atom. The van der Waals surface area contributed by atoms with Gasteiger partial charge in [-0.1, -0.05) is 65.5 Å². The van der Waals surface area contributed by atoms with Gasteiger partial charge in [0.25, 0.3) is 0 Å². The number of carbonyl (C=O) groups is 2. The van der Waals surface area contributed by atoms with Gasteiger partial charge in [0.15, 0.2) is 0 Å². The fourth-order valence-corrected chi connectivity index (χ4v) is 5.05. The first-order chi connectivity index (χ1) is 15.4. The van der Waals surface area contributed by atoms with Gasteiger partial charge in [0.1, 0.15) is 11.9 Å². The molecule has 32 heavy (non-hydrogen) atoms. The van der Waals surface area contributed by atoms with Crippen molar-refractivity contribution < 1.29 is 14.0 Å². The van der Waals surface area contributed by atoms with Crippen LogP contribution in [0.1, 0.15) is 50.2 Å². The first kappa shape index (κ1) is 24.8. The van der Waals surface area contributed by atoms with Crippen LogP contribution in [0.3, 0.4) is 0 Å². The second kappa shape index (κ2) is 12.4. The minimum absolute atomic E-state index is 0.110. The molecule has 172 valence electrons. The average Bonchev–Trinajstić information content (AvgIpc) is 2.80. The molecule has 0 heterocycles. The van der Waals surface area contributed by atoms with Gasteiger partial charge in [0.05, 0.1) is 5.75 Å². The van der Waals surface area contributed by atoms with E-state index in [0.29, 0.717) is 17.9 Å². The van der Waals surface area contributed by atoms with Crippen molar-refractivity contribution in [2.75, 3.05) is 5.75 Å². The van der Waals surface area contributed by atoms with Gasteiger partial charge in [-0.2, -0.15) is 0 Å². The quantitative estimate of drug-likeness (QED) is 0.462. The van der Waals surface area contributed by atoms with Gasteiger partial charge in [-0.05, 0) is 49.1 Å². The van der Waals surface area contributed by atoms with E-state index in [-0.39, 0.29) is 29.4 Å². The molecule has 0 radical (unpaired) electrons. The van der Waals surface area contributed by atoms with E-state index in [2.05, 4.69) is 21.2 Å². The van der Waals surface area contributed by atoms with Crippen LogP contribution in [0.15, 0.2) is 53.0 Å². The van der Waals surface area contributed by atoms with Crippen LogP contribution in [-0.4, -0.2) is 34.6 Å². The molecule has 2 aromatic carbocycles. The number of rotatable bonds is 9. The molecule has 0 saturated heterocycles. The van der Waals surface area contributed by atoms with Gasteiger partial charge >= 0.3 is 0 Å². The molecule has 1 atom stereocenters. The van der Waals surface area contributed by atoms with E-state index < -0.39 is 6.04 Å². The lowest BCUT2D eigenvalue weighted by atomic mass is 9.95. The van der Waals surface area contributed by atoms with Gasteiger partial charge in [0.2, 0.25) is 11.8 Å². The second-order valence-corrected chi connectivity index (χ2v) is 10.2. The van der Waals surface area contributed by atoms with E-state index in [1.807, 2.05) is 24.3 Å². The zero-order valence-corrected chi connectivity index (χ0v) is 20.8. The summed E-state index contributed by atoms with van der Waals surface area (Å²) in [6.07, 6.45) is 5.48. The molecular weight excluding hydrogens is 491 g/mol. The summed E-state index contributed by atoms with van der Waals surface area (Å²) in [7, 11) is 0. The number of nitrogens with one attached hydrogen (secondary N) is 1. The fourth-order valence-electron chi connectivity index (χ4n) is 3.88. The number of halogens is 2. The maximum absolute atomic E-state index is 13.9. The average molecular weight is 521 g/mol. The Kier molecular flexibility index (Phi) is 9.60. The second-order valence-electron chi connectivity index (χ2n) is 8.25. The lowest BCUT2D eigenvalue weighted by Gasteiger charge is -2.31. The monoisotopic (exact) mass is 520 g/mol. The maximum atomic E-state index is 13.9. The van der Waals surface area contributed by atoms with E-state index in [0.717, 1.165) is 35.7 Å². The van der Waals surface area contributed by atoms with Crippen LogP contribution in [0.25, 0.3) is 0 Å². The first-order valence-electron chi connectivity index (χ1n) is 11.1. The summed E-state index contributed by atoms with van der Waals surface area (Å²) in [6.45, 7) is 2.14. The summed E-state index contributed by atoms with van der Waals surface area (Å²) < 4.78 is 14.8. The molecule has 1 fully saturated rings. The van der Waals surface area contributed by atoms with Gasteiger partial charge in [0, 0.05) is 22.8 Å². The van der Waals surface area contributed by atoms with Crippen LogP contribution < -0.4 is 5.32 Å². The standard InChI is InChI=1S/C25H30BrFN2O2S/c1-18(25(31)28-22-8-3-2-4-9-22)29(15-19-11-13-21(26)14-12-19)24(30)17-32-16-20-7-5-6-10-23(20)27/h5-7,10-14,18,22H,2-4,8-9,15-17H2,1H3,(H,28,31). The largest absolute Gasteiger partial charge is 0.352 e. The molecule has 0 spiro atoms. The summed E-state index contributed by atoms with van der Waals surface area (Å²) in [5, 5.41) is 3.14. The number of hydrogen-bond acceptors (Lipinski definition) is 3. The molecule has 2 amide bonds. The van der Waals surface area contributed by atoms with E-state index in [1.54, 1.807) is 30.0 Å². The summed E-state index contributed by atoms with van der Waals surface area (Å²) in [6, 6.07) is 14.0. The van der Waals surface area contributed by atoms with Crippen molar-refractivity contribution >= 4 is 39.5 Å². The van der Waals surface area contributed by atoms with E-state index in [4.69, 9.17) is 0 Å². The smallest absolute Gasteiger partial charge is 0.242 e. The third-order valence-corrected chi connectivity index (χ3v) is 7.32. The number of amides is 2. The number of hydrogen-bond donors (Lipinski definition) is 1. The van der Waals surface area contributed by atoms with Crippen molar-refractivity contribution in [3.8, 4) is 0 Å². The third-order valence-electron chi connectivity index (χ3n) is 5.83. The number of thioether (sulfide) groups is 1. The highest BCUT2D eigenvalue weighted by atomic mass is 79.9. The molecule has 2 aromatic rings. The molecule has 0 aromatic heterocycles. The Bertz CT molecular complexity index is 903. The van der Waals surface area contributed by atoms with Gasteiger partial charge in [-0.15, -0.1) is 11.8 Å². The highest BCUT2D eigenvalue weighted by Gasteiger charge is 2.28. The van der Waals surface area contributed by atoms with Crippen molar-refractivity contribution in [3.63, 3.8) is 0 Å². The topological polar surface area (TPSA) is 49.4 Å². The van der Waals surface area contributed by atoms with Crippen LogP contribution in [0.4, 0.5) is 4.39 Å². The molecule has 4 nitrogen and oxygen atoms in total. The lowest BCUT2D eigenvalue weighted by Crippen LogP contribution is -2.50. The van der Waals surface area contributed by atoms with Crippen LogP contribution in [-0.2, 0) is 21.9 Å². The van der Waals surface area contributed by atoms with Crippen molar-refractivity contribution in [3.05, 3.63) is 69.9 Å². The Labute approximate surface area is 202 Å². The highest BCUT2D eigenvalue weighted by molar-refractivity contribution is 9.10. The predicted molar refractivity (Wildman–Crippen MR) is 132 cm³/mol. The molecule has 7 heteroatoms. The minimum atomic E-state index is -0.581.